The lowest BCUT2D eigenvalue weighted by molar-refractivity contribution is 0.292. The van der Waals surface area contributed by atoms with Gasteiger partial charge in [0.15, 0.2) is 0 Å². The van der Waals surface area contributed by atoms with Crippen LogP contribution in [0.25, 0.3) is 0 Å². The number of benzene rings is 1. The SMILES string of the molecule is CC(C)[C@@H]1COC(c2cc(Br)ccc2Br)=N1. The van der Waals surface area contributed by atoms with Crippen molar-refractivity contribution >= 4 is 37.8 Å². The van der Waals surface area contributed by atoms with Crippen LogP contribution in [0, 0.1) is 5.92 Å². The van der Waals surface area contributed by atoms with Crippen molar-refractivity contribution in [1.82, 2.24) is 0 Å². The van der Waals surface area contributed by atoms with Crippen LogP contribution >= 0.6 is 31.9 Å². The Labute approximate surface area is 112 Å². The highest BCUT2D eigenvalue weighted by atomic mass is 79.9. The molecule has 0 saturated heterocycles. The number of halogens is 2. The zero-order chi connectivity index (χ0) is 11.7. The average molecular weight is 347 g/mol. The smallest absolute Gasteiger partial charge is 0.217 e. The van der Waals surface area contributed by atoms with E-state index in [2.05, 4.69) is 50.7 Å². The average Bonchev–Trinajstić information content (AvgIpc) is 2.70. The number of hydrogen-bond donors (Lipinski definition) is 0. The summed E-state index contributed by atoms with van der Waals surface area (Å²) in [6.07, 6.45) is 0. The highest BCUT2D eigenvalue weighted by Crippen LogP contribution is 2.26. The molecule has 1 atom stereocenters. The fourth-order valence-electron chi connectivity index (χ4n) is 1.54. The van der Waals surface area contributed by atoms with Gasteiger partial charge in [0, 0.05) is 8.95 Å². The van der Waals surface area contributed by atoms with Gasteiger partial charge in [0.1, 0.15) is 6.61 Å². The lowest BCUT2D eigenvalue weighted by Crippen LogP contribution is -2.13. The lowest BCUT2D eigenvalue weighted by atomic mass is 10.1. The normalized spacial score (nSPS) is 19.8. The molecular weight excluding hydrogens is 334 g/mol. The zero-order valence-electron chi connectivity index (χ0n) is 9.21. The van der Waals surface area contributed by atoms with Crippen LogP contribution < -0.4 is 0 Å². The maximum absolute atomic E-state index is 5.65. The van der Waals surface area contributed by atoms with Gasteiger partial charge < -0.3 is 4.74 Å². The van der Waals surface area contributed by atoms with Gasteiger partial charge in [-0.2, -0.15) is 0 Å². The summed E-state index contributed by atoms with van der Waals surface area (Å²) in [7, 11) is 0. The van der Waals surface area contributed by atoms with Crippen LogP contribution in [-0.4, -0.2) is 18.5 Å². The molecule has 1 aliphatic rings. The first-order chi connectivity index (χ1) is 7.58. The van der Waals surface area contributed by atoms with E-state index >= 15 is 0 Å². The van der Waals surface area contributed by atoms with E-state index < -0.39 is 0 Å². The van der Waals surface area contributed by atoms with Gasteiger partial charge in [0.25, 0.3) is 0 Å². The van der Waals surface area contributed by atoms with E-state index in [9.17, 15) is 0 Å². The first-order valence-electron chi connectivity index (χ1n) is 5.24. The quantitative estimate of drug-likeness (QED) is 0.792. The Kier molecular flexibility index (Phi) is 3.70. The fourth-order valence-corrected chi connectivity index (χ4v) is 2.32. The Morgan fingerprint density at radius 2 is 2.12 bits per heavy atom. The van der Waals surface area contributed by atoms with Crippen LogP contribution in [0.1, 0.15) is 19.4 Å². The maximum atomic E-state index is 5.65. The van der Waals surface area contributed by atoms with Crippen LogP contribution in [0.2, 0.25) is 0 Å². The molecular formula is C12H13Br2NO. The molecule has 0 N–H and O–H groups in total. The van der Waals surface area contributed by atoms with E-state index in [1.54, 1.807) is 0 Å². The molecule has 4 heteroatoms. The first-order valence-corrected chi connectivity index (χ1v) is 6.82. The van der Waals surface area contributed by atoms with Gasteiger partial charge in [-0.15, -0.1) is 0 Å². The Morgan fingerprint density at radius 1 is 1.38 bits per heavy atom. The van der Waals surface area contributed by atoms with E-state index in [-0.39, 0.29) is 6.04 Å². The molecule has 86 valence electrons. The summed E-state index contributed by atoms with van der Waals surface area (Å²) in [5, 5.41) is 0. The van der Waals surface area contributed by atoms with Crippen LogP contribution in [-0.2, 0) is 4.74 Å². The molecule has 0 saturated carbocycles. The first kappa shape index (κ1) is 12.1. The molecule has 0 fully saturated rings. The molecule has 0 bridgehead atoms. The summed E-state index contributed by atoms with van der Waals surface area (Å²) in [4.78, 5) is 4.60. The van der Waals surface area contributed by atoms with Gasteiger partial charge in [-0.3, -0.25) is 0 Å². The Hall–Kier alpha value is -0.350. The standard InChI is InChI=1S/C12H13Br2NO/c1-7(2)11-6-16-12(15-11)9-5-8(13)3-4-10(9)14/h3-5,7,11H,6H2,1-2H3/t11-/m0/s1. The molecule has 0 unspecified atom stereocenters. The minimum absolute atomic E-state index is 0.279. The molecule has 1 aromatic carbocycles. The zero-order valence-corrected chi connectivity index (χ0v) is 12.4. The molecule has 0 radical (unpaired) electrons. The van der Waals surface area contributed by atoms with Gasteiger partial charge in [-0.05, 0) is 40.0 Å². The monoisotopic (exact) mass is 345 g/mol. The van der Waals surface area contributed by atoms with E-state index in [4.69, 9.17) is 4.74 Å². The third-order valence-electron chi connectivity index (χ3n) is 2.60. The Balaban J connectivity index is 2.32. The minimum atomic E-state index is 0.279. The molecule has 1 heterocycles. The molecule has 0 amide bonds. The summed E-state index contributed by atoms with van der Waals surface area (Å²) in [6.45, 7) is 5.01. The summed E-state index contributed by atoms with van der Waals surface area (Å²) >= 11 is 6.97. The van der Waals surface area contributed by atoms with Crippen molar-refractivity contribution in [2.75, 3.05) is 6.61 Å². The summed E-state index contributed by atoms with van der Waals surface area (Å²) in [6, 6.07) is 6.28. The summed E-state index contributed by atoms with van der Waals surface area (Å²) in [5.41, 5.74) is 1.01. The fraction of sp³-hybridized carbons (Fsp3) is 0.417. The van der Waals surface area contributed by atoms with Gasteiger partial charge >= 0.3 is 0 Å². The highest BCUT2D eigenvalue weighted by molar-refractivity contribution is 9.11. The van der Waals surface area contributed by atoms with Gasteiger partial charge in [0.05, 0.1) is 11.6 Å². The number of rotatable bonds is 2. The number of aliphatic imine (C=N–C) groups is 1. The van der Waals surface area contributed by atoms with Crippen LogP contribution in [0.4, 0.5) is 0 Å². The Morgan fingerprint density at radius 3 is 2.75 bits per heavy atom. The van der Waals surface area contributed by atoms with Crippen molar-refractivity contribution in [2.24, 2.45) is 10.9 Å². The molecule has 0 spiro atoms. The van der Waals surface area contributed by atoms with Gasteiger partial charge in [0.2, 0.25) is 5.90 Å². The van der Waals surface area contributed by atoms with Crippen LogP contribution in [0.5, 0.6) is 0 Å². The van der Waals surface area contributed by atoms with E-state index in [0.717, 1.165) is 20.4 Å². The van der Waals surface area contributed by atoms with Crippen molar-refractivity contribution in [2.45, 2.75) is 19.9 Å². The molecule has 16 heavy (non-hydrogen) atoms. The summed E-state index contributed by atoms with van der Waals surface area (Å²) in [5.74, 6) is 1.26. The predicted molar refractivity (Wildman–Crippen MR) is 73.0 cm³/mol. The van der Waals surface area contributed by atoms with E-state index in [1.807, 2.05) is 18.2 Å². The number of hydrogen-bond acceptors (Lipinski definition) is 2. The number of nitrogens with zero attached hydrogens (tertiary/aromatic N) is 1. The van der Waals surface area contributed by atoms with Crippen molar-refractivity contribution in [3.63, 3.8) is 0 Å². The number of ether oxygens (including phenoxy) is 1. The summed E-state index contributed by atoms with van der Waals surface area (Å²) < 4.78 is 7.69. The van der Waals surface area contributed by atoms with Crippen LogP contribution in [0.3, 0.4) is 0 Å². The van der Waals surface area contributed by atoms with E-state index in [1.165, 1.54) is 0 Å². The van der Waals surface area contributed by atoms with Crippen molar-refractivity contribution < 1.29 is 4.74 Å². The third kappa shape index (κ3) is 2.48. The second-order valence-corrected chi connectivity index (χ2v) is 5.95. The second kappa shape index (κ2) is 4.88. The molecule has 2 rings (SSSR count). The van der Waals surface area contributed by atoms with Crippen molar-refractivity contribution in [3.8, 4) is 0 Å². The Bertz CT molecular complexity index is 429. The molecule has 0 aromatic heterocycles. The molecule has 1 aromatic rings. The molecule has 2 nitrogen and oxygen atoms in total. The molecule has 0 aliphatic carbocycles. The van der Waals surface area contributed by atoms with Gasteiger partial charge in [-0.1, -0.05) is 29.8 Å². The topological polar surface area (TPSA) is 21.6 Å². The van der Waals surface area contributed by atoms with Crippen molar-refractivity contribution in [1.29, 1.82) is 0 Å². The largest absolute Gasteiger partial charge is 0.475 e. The lowest BCUT2D eigenvalue weighted by Gasteiger charge is -2.06. The van der Waals surface area contributed by atoms with Gasteiger partial charge in [-0.25, -0.2) is 4.99 Å². The third-order valence-corrected chi connectivity index (χ3v) is 3.79. The maximum Gasteiger partial charge on any atom is 0.217 e. The molecule has 1 aliphatic heterocycles. The second-order valence-electron chi connectivity index (χ2n) is 4.18. The van der Waals surface area contributed by atoms with Crippen molar-refractivity contribution in [3.05, 3.63) is 32.7 Å². The minimum Gasteiger partial charge on any atom is -0.475 e. The van der Waals surface area contributed by atoms with E-state index in [0.29, 0.717) is 12.5 Å². The predicted octanol–water partition coefficient (Wildman–Crippen LogP) is 4.01. The highest BCUT2D eigenvalue weighted by Gasteiger charge is 2.23. The van der Waals surface area contributed by atoms with Crippen LogP contribution in [0.15, 0.2) is 32.1 Å².